The molecule has 1 aromatic heterocycles. The van der Waals surface area contributed by atoms with E-state index in [4.69, 9.17) is 14.5 Å². The molecule has 0 bridgehead atoms. The normalized spacial score (nSPS) is 23.4. The molecule has 1 unspecified atom stereocenters. The molecule has 0 spiro atoms. The molecule has 2 aliphatic heterocycles. The third-order valence-electron chi connectivity index (χ3n) is 6.88. The number of aliphatic imine (C=N–C) groups is 1. The van der Waals surface area contributed by atoms with Crippen LogP contribution in [0.2, 0.25) is 0 Å². The third kappa shape index (κ3) is 3.65. The lowest BCUT2D eigenvalue weighted by Crippen LogP contribution is -2.40. The minimum atomic E-state index is 0.0516. The average molecular weight is 445 g/mol. The Labute approximate surface area is 193 Å². The van der Waals surface area contributed by atoms with Gasteiger partial charge in [-0.2, -0.15) is 5.10 Å². The summed E-state index contributed by atoms with van der Waals surface area (Å²) in [6.45, 7) is 3.98. The Bertz CT molecular complexity index is 1200. The van der Waals surface area contributed by atoms with E-state index in [0.29, 0.717) is 11.9 Å². The van der Waals surface area contributed by atoms with Gasteiger partial charge in [0.25, 0.3) is 0 Å². The molecular formula is C26H28N4O3. The summed E-state index contributed by atoms with van der Waals surface area (Å²) in [6.07, 6.45) is 15.1. The molecule has 1 saturated carbocycles. The second kappa shape index (κ2) is 7.90. The van der Waals surface area contributed by atoms with Gasteiger partial charge in [-0.25, -0.2) is 4.99 Å². The molecule has 0 radical (unpaired) electrons. The van der Waals surface area contributed by atoms with Gasteiger partial charge in [0.05, 0.1) is 17.9 Å². The molecule has 6 rings (SSSR count). The van der Waals surface area contributed by atoms with E-state index in [1.54, 1.807) is 6.92 Å². The van der Waals surface area contributed by atoms with Crippen molar-refractivity contribution in [2.45, 2.75) is 64.1 Å². The maximum absolute atomic E-state index is 12.5. The smallest absolute Gasteiger partial charge is 0.228 e. The number of aromatic nitrogens is 2. The highest BCUT2D eigenvalue weighted by Crippen LogP contribution is 2.44. The molecule has 4 aliphatic rings. The summed E-state index contributed by atoms with van der Waals surface area (Å²) in [5, 5.41) is 4.58. The minimum absolute atomic E-state index is 0.0516. The maximum Gasteiger partial charge on any atom is 0.228 e. The van der Waals surface area contributed by atoms with Crippen molar-refractivity contribution in [2.75, 3.05) is 11.5 Å². The lowest BCUT2D eigenvalue weighted by molar-refractivity contribution is -0.117. The van der Waals surface area contributed by atoms with Gasteiger partial charge in [0.1, 0.15) is 17.6 Å². The number of benzene rings is 1. The molecule has 0 saturated heterocycles. The Balaban J connectivity index is 1.36. The zero-order valence-corrected chi connectivity index (χ0v) is 19.0. The topological polar surface area (TPSA) is 69.0 Å². The molecule has 1 amide bonds. The number of nitrogens with zero attached hydrogens (tertiary/aromatic N) is 4. The highest BCUT2D eigenvalue weighted by molar-refractivity contribution is 5.95. The van der Waals surface area contributed by atoms with E-state index in [-0.39, 0.29) is 24.6 Å². The predicted octanol–water partition coefficient (Wildman–Crippen LogP) is 4.59. The highest BCUT2D eigenvalue weighted by Gasteiger charge is 2.32. The second-order valence-electron chi connectivity index (χ2n) is 9.32. The van der Waals surface area contributed by atoms with Gasteiger partial charge in [-0.1, -0.05) is 12.2 Å². The first-order valence-corrected chi connectivity index (χ1v) is 11.8. The van der Waals surface area contributed by atoms with Gasteiger partial charge >= 0.3 is 0 Å². The highest BCUT2D eigenvalue weighted by atomic mass is 16.5. The Kier molecular flexibility index (Phi) is 4.85. The molecule has 1 aromatic carbocycles. The van der Waals surface area contributed by atoms with Crippen LogP contribution in [0.25, 0.3) is 11.1 Å². The van der Waals surface area contributed by atoms with Crippen LogP contribution in [0.1, 0.15) is 51.1 Å². The summed E-state index contributed by atoms with van der Waals surface area (Å²) < 4.78 is 14.5. The summed E-state index contributed by atoms with van der Waals surface area (Å²) in [7, 11) is 0. The molecule has 7 nitrogen and oxygen atoms in total. The first-order chi connectivity index (χ1) is 16.1. The van der Waals surface area contributed by atoms with Crippen LogP contribution >= 0.6 is 0 Å². The Morgan fingerprint density at radius 3 is 2.94 bits per heavy atom. The van der Waals surface area contributed by atoms with Crippen LogP contribution in [-0.2, 0) is 16.0 Å². The van der Waals surface area contributed by atoms with Crippen LogP contribution in [-0.4, -0.2) is 40.3 Å². The summed E-state index contributed by atoms with van der Waals surface area (Å²) in [5.74, 6) is 2.33. The summed E-state index contributed by atoms with van der Waals surface area (Å²) in [4.78, 5) is 19.0. The number of ether oxygens (including phenoxy) is 2. The van der Waals surface area contributed by atoms with Crippen molar-refractivity contribution in [3.05, 3.63) is 54.1 Å². The van der Waals surface area contributed by atoms with Crippen molar-refractivity contribution in [3.8, 4) is 16.9 Å². The summed E-state index contributed by atoms with van der Waals surface area (Å²) in [5.41, 5.74) is 4.03. The van der Waals surface area contributed by atoms with Crippen molar-refractivity contribution in [2.24, 2.45) is 4.99 Å². The van der Waals surface area contributed by atoms with Crippen molar-refractivity contribution >= 4 is 17.5 Å². The summed E-state index contributed by atoms with van der Waals surface area (Å²) >= 11 is 0. The van der Waals surface area contributed by atoms with E-state index in [1.807, 2.05) is 23.2 Å². The molecule has 2 aromatic rings. The van der Waals surface area contributed by atoms with Gasteiger partial charge < -0.3 is 14.4 Å². The standard InChI is InChI=1S/C26H28N4O3/c1-16-7-10-21-23(30(16)17(2)31)12-11-20(18-13-27-29(14-18)19-8-9-19)26(21)32-15-25-28-22-5-3-4-6-24(22)33-25/h3-4,6,11-14,16,19,22H,5,7-10,15H2,1-2H3/t16-,22?/m0/s1. The van der Waals surface area contributed by atoms with Crippen LogP contribution < -0.4 is 9.64 Å². The zero-order valence-electron chi connectivity index (χ0n) is 19.0. The number of carbonyl (C=O) groups excluding carboxylic acids is 1. The fraction of sp³-hybridized carbons (Fsp3) is 0.423. The lowest BCUT2D eigenvalue weighted by atomic mass is 9.92. The zero-order chi connectivity index (χ0) is 22.5. The molecule has 33 heavy (non-hydrogen) atoms. The molecule has 3 heterocycles. The number of hydrogen-bond acceptors (Lipinski definition) is 5. The Morgan fingerprint density at radius 2 is 2.15 bits per heavy atom. The number of fused-ring (bicyclic) bond motifs is 2. The molecular weight excluding hydrogens is 416 g/mol. The van der Waals surface area contributed by atoms with Gasteiger partial charge in [-0.05, 0) is 57.2 Å². The number of allylic oxidation sites excluding steroid dienone is 2. The summed E-state index contributed by atoms with van der Waals surface area (Å²) in [6, 6.07) is 4.85. The van der Waals surface area contributed by atoms with Gasteiger partial charge in [-0.3, -0.25) is 9.48 Å². The SMILES string of the molecule is CC(=O)N1c2ccc(-c3cnn(C4CC4)c3)c(OCC3=NC4CC=CC=C4O3)c2CC[C@@H]1C. The van der Waals surface area contributed by atoms with Crippen molar-refractivity contribution < 1.29 is 14.3 Å². The van der Waals surface area contributed by atoms with E-state index in [2.05, 4.69) is 41.1 Å². The van der Waals surface area contributed by atoms with Gasteiger partial charge in [-0.15, -0.1) is 0 Å². The molecule has 7 heteroatoms. The number of carbonyl (C=O) groups is 1. The number of hydrogen-bond donors (Lipinski definition) is 0. The molecule has 0 N–H and O–H groups in total. The lowest BCUT2D eigenvalue weighted by Gasteiger charge is -2.36. The van der Waals surface area contributed by atoms with Gasteiger partial charge in [0.15, 0.2) is 6.61 Å². The quantitative estimate of drug-likeness (QED) is 0.676. The minimum Gasteiger partial charge on any atom is -0.483 e. The second-order valence-corrected chi connectivity index (χ2v) is 9.32. The predicted molar refractivity (Wildman–Crippen MR) is 127 cm³/mol. The first-order valence-electron chi connectivity index (χ1n) is 11.8. The third-order valence-corrected chi connectivity index (χ3v) is 6.88. The van der Waals surface area contributed by atoms with Gasteiger partial charge in [0, 0.05) is 35.9 Å². The monoisotopic (exact) mass is 444 g/mol. The Morgan fingerprint density at radius 1 is 1.27 bits per heavy atom. The number of amides is 1. The maximum atomic E-state index is 12.5. The van der Waals surface area contributed by atoms with Crippen LogP contribution in [0, 0.1) is 0 Å². The van der Waals surface area contributed by atoms with Crippen LogP contribution in [0.15, 0.2) is 53.5 Å². The van der Waals surface area contributed by atoms with E-state index in [1.165, 1.54) is 12.8 Å². The molecule has 2 aliphatic carbocycles. The largest absolute Gasteiger partial charge is 0.483 e. The molecule has 1 fully saturated rings. The van der Waals surface area contributed by atoms with E-state index >= 15 is 0 Å². The fourth-order valence-electron chi connectivity index (χ4n) is 5.05. The number of anilines is 1. The van der Waals surface area contributed by atoms with E-state index < -0.39 is 0 Å². The van der Waals surface area contributed by atoms with Gasteiger partial charge in [0.2, 0.25) is 11.8 Å². The molecule has 2 atom stereocenters. The molecule has 170 valence electrons. The first kappa shape index (κ1) is 20.3. The fourth-order valence-corrected chi connectivity index (χ4v) is 5.05. The van der Waals surface area contributed by atoms with Crippen molar-refractivity contribution in [1.82, 2.24) is 9.78 Å². The van der Waals surface area contributed by atoms with Crippen molar-refractivity contribution in [1.29, 1.82) is 0 Å². The van der Waals surface area contributed by atoms with Crippen molar-refractivity contribution in [3.63, 3.8) is 0 Å². The van der Waals surface area contributed by atoms with Crippen LogP contribution in [0.5, 0.6) is 5.75 Å². The van der Waals surface area contributed by atoms with E-state index in [9.17, 15) is 4.79 Å². The van der Waals surface area contributed by atoms with E-state index in [0.717, 1.165) is 53.1 Å². The number of rotatable bonds is 5. The Hall–Kier alpha value is -3.35. The van der Waals surface area contributed by atoms with Crippen LogP contribution in [0.3, 0.4) is 0 Å². The average Bonchev–Trinajstić information content (AvgIpc) is 3.39. The van der Waals surface area contributed by atoms with Crippen LogP contribution in [0.4, 0.5) is 5.69 Å².